The summed E-state index contributed by atoms with van der Waals surface area (Å²) in [6.45, 7) is 6.06. The van der Waals surface area contributed by atoms with E-state index in [9.17, 15) is 4.79 Å². The number of hydrogen-bond acceptors (Lipinski definition) is 5. The second-order valence-electron chi connectivity index (χ2n) is 7.56. The molecule has 138 valence electrons. The quantitative estimate of drug-likeness (QED) is 0.846. The number of carbonyl (C=O) groups excluding carboxylic acids is 1. The third kappa shape index (κ3) is 3.32. The first kappa shape index (κ1) is 17.1. The second-order valence-corrected chi connectivity index (χ2v) is 7.56. The normalized spacial score (nSPS) is 20.7. The number of benzene rings is 1. The van der Waals surface area contributed by atoms with E-state index in [-0.39, 0.29) is 23.7 Å². The molecule has 0 saturated carbocycles. The van der Waals surface area contributed by atoms with Crippen molar-refractivity contribution >= 4 is 5.91 Å². The third-order valence-corrected chi connectivity index (χ3v) is 5.36. The van der Waals surface area contributed by atoms with Crippen LogP contribution in [0, 0.1) is 5.92 Å². The number of piperidine rings is 1. The molecule has 1 saturated heterocycles. The minimum atomic E-state index is -0.0857. The lowest BCUT2D eigenvalue weighted by Crippen LogP contribution is -2.44. The van der Waals surface area contributed by atoms with Gasteiger partial charge in [0.1, 0.15) is 12.4 Å². The Hall–Kier alpha value is -2.37. The number of nitrogens with zero attached hydrogens (tertiary/aromatic N) is 3. The van der Waals surface area contributed by atoms with Gasteiger partial charge in [0.25, 0.3) is 0 Å². The molecular formula is C20H25N3O3. The van der Waals surface area contributed by atoms with Gasteiger partial charge in [0, 0.05) is 24.9 Å². The number of carbonyl (C=O) groups is 1. The molecule has 0 bridgehead atoms. The van der Waals surface area contributed by atoms with Crippen molar-refractivity contribution < 1.29 is 14.1 Å². The Kier molecular flexibility index (Phi) is 4.66. The van der Waals surface area contributed by atoms with Crippen LogP contribution in [0.5, 0.6) is 5.75 Å². The van der Waals surface area contributed by atoms with E-state index in [1.165, 1.54) is 0 Å². The molecule has 0 unspecified atom stereocenters. The number of hydrogen-bond donors (Lipinski definition) is 0. The van der Waals surface area contributed by atoms with Crippen LogP contribution >= 0.6 is 0 Å². The smallest absolute Gasteiger partial charge is 0.229 e. The van der Waals surface area contributed by atoms with Crippen LogP contribution in [-0.4, -0.2) is 40.6 Å². The van der Waals surface area contributed by atoms with E-state index in [4.69, 9.17) is 9.26 Å². The lowest BCUT2D eigenvalue weighted by molar-refractivity contribution is -0.138. The molecule has 0 aliphatic carbocycles. The van der Waals surface area contributed by atoms with Crippen LogP contribution in [0.2, 0.25) is 0 Å². The monoisotopic (exact) mass is 355 g/mol. The molecule has 1 aromatic heterocycles. The summed E-state index contributed by atoms with van der Waals surface area (Å²) in [5.41, 5.74) is 1.12. The fraction of sp³-hybridized carbons (Fsp3) is 0.550. The van der Waals surface area contributed by atoms with Crippen molar-refractivity contribution in [1.82, 2.24) is 15.0 Å². The predicted molar refractivity (Wildman–Crippen MR) is 96.1 cm³/mol. The van der Waals surface area contributed by atoms with Crippen molar-refractivity contribution in [1.29, 1.82) is 0 Å². The van der Waals surface area contributed by atoms with E-state index < -0.39 is 0 Å². The van der Waals surface area contributed by atoms with Crippen LogP contribution in [-0.2, 0) is 11.2 Å². The summed E-state index contributed by atoms with van der Waals surface area (Å²) < 4.78 is 11.2. The Labute approximate surface area is 153 Å². The van der Waals surface area contributed by atoms with Crippen molar-refractivity contribution in [3.8, 4) is 5.75 Å². The third-order valence-electron chi connectivity index (χ3n) is 5.36. The van der Waals surface area contributed by atoms with Crippen molar-refractivity contribution in [3.05, 3.63) is 41.5 Å². The van der Waals surface area contributed by atoms with Gasteiger partial charge in [0.2, 0.25) is 11.8 Å². The van der Waals surface area contributed by atoms with E-state index in [1.807, 2.05) is 29.2 Å². The molecule has 1 fully saturated rings. The van der Waals surface area contributed by atoms with Gasteiger partial charge < -0.3 is 14.2 Å². The van der Waals surface area contributed by atoms with Crippen molar-refractivity contribution in [2.45, 2.75) is 44.9 Å². The Morgan fingerprint density at radius 3 is 2.73 bits per heavy atom. The van der Waals surface area contributed by atoms with E-state index in [1.54, 1.807) is 0 Å². The highest BCUT2D eigenvalue weighted by Gasteiger charge is 2.33. The maximum Gasteiger partial charge on any atom is 0.229 e. The Balaban J connectivity index is 1.35. The maximum absolute atomic E-state index is 12.9. The minimum absolute atomic E-state index is 0.0857. The molecule has 4 rings (SSSR count). The summed E-state index contributed by atoms with van der Waals surface area (Å²) >= 11 is 0. The number of fused-ring (bicyclic) bond motifs is 1. The molecule has 3 heterocycles. The molecule has 6 nitrogen and oxygen atoms in total. The van der Waals surface area contributed by atoms with Crippen molar-refractivity contribution in [2.75, 3.05) is 19.7 Å². The zero-order chi connectivity index (χ0) is 18.1. The van der Waals surface area contributed by atoms with Crippen LogP contribution in [0.1, 0.15) is 55.8 Å². The Bertz CT molecular complexity index is 778. The fourth-order valence-corrected chi connectivity index (χ4v) is 3.74. The van der Waals surface area contributed by atoms with Gasteiger partial charge >= 0.3 is 0 Å². The number of rotatable bonds is 3. The second kappa shape index (κ2) is 7.09. The van der Waals surface area contributed by atoms with E-state index in [0.717, 1.165) is 55.4 Å². The van der Waals surface area contributed by atoms with E-state index in [2.05, 4.69) is 24.0 Å². The summed E-state index contributed by atoms with van der Waals surface area (Å²) in [6, 6.07) is 7.98. The minimum Gasteiger partial charge on any atom is -0.492 e. The molecule has 0 N–H and O–H groups in total. The van der Waals surface area contributed by atoms with Crippen LogP contribution in [0.4, 0.5) is 0 Å². The number of aromatic nitrogens is 2. The maximum atomic E-state index is 12.9. The van der Waals surface area contributed by atoms with Gasteiger partial charge in [-0.05, 0) is 30.9 Å². The molecule has 0 spiro atoms. The molecule has 26 heavy (non-hydrogen) atoms. The summed E-state index contributed by atoms with van der Waals surface area (Å²) in [5, 5.41) is 4.06. The predicted octanol–water partition coefficient (Wildman–Crippen LogP) is 3.15. The first-order valence-electron chi connectivity index (χ1n) is 9.45. The number of ether oxygens (including phenoxy) is 1. The topological polar surface area (TPSA) is 68.5 Å². The average molecular weight is 355 g/mol. The lowest BCUT2D eigenvalue weighted by atomic mass is 9.92. The summed E-state index contributed by atoms with van der Waals surface area (Å²) in [5.74, 6) is 3.02. The Morgan fingerprint density at radius 2 is 2.00 bits per heavy atom. The molecule has 0 radical (unpaired) electrons. The van der Waals surface area contributed by atoms with Gasteiger partial charge in [-0.1, -0.05) is 37.2 Å². The number of para-hydroxylation sites is 1. The van der Waals surface area contributed by atoms with Gasteiger partial charge in [-0.25, -0.2) is 0 Å². The molecule has 2 aromatic rings. The van der Waals surface area contributed by atoms with Crippen LogP contribution in [0.3, 0.4) is 0 Å². The highest BCUT2D eigenvalue weighted by Crippen LogP contribution is 2.31. The van der Waals surface area contributed by atoms with Gasteiger partial charge in [-0.15, -0.1) is 0 Å². The molecule has 1 amide bonds. The zero-order valence-corrected chi connectivity index (χ0v) is 15.4. The van der Waals surface area contributed by atoms with Gasteiger partial charge in [-0.3, -0.25) is 4.79 Å². The highest BCUT2D eigenvalue weighted by molar-refractivity contribution is 5.80. The standard InChI is InChI=1S/C20H25N3O3/c1-13(2)18-21-19(26-22-18)14-7-9-23(10-8-14)20(24)16-11-15-5-3-4-6-17(15)25-12-16/h3-6,13-14,16H,7-12H2,1-2H3/t16-/m0/s1. The number of amides is 1. The Morgan fingerprint density at radius 1 is 1.23 bits per heavy atom. The fourth-order valence-electron chi connectivity index (χ4n) is 3.74. The van der Waals surface area contributed by atoms with E-state index in [0.29, 0.717) is 6.61 Å². The lowest BCUT2D eigenvalue weighted by Gasteiger charge is -2.34. The molecule has 2 aliphatic rings. The number of likely N-dealkylation sites (tertiary alicyclic amines) is 1. The summed E-state index contributed by atoms with van der Waals surface area (Å²) in [7, 11) is 0. The van der Waals surface area contributed by atoms with Crippen molar-refractivity contribution in [3.63, 3.8) is 0 Å². The SMILES string of the molecule is CC(C)c1noc(C2CCN(C(=O)[C@@H]3COc4ccccc4C3)CC2)n1. The largest absolute Gasteiger partial charge is 0.492 e. The zero-order valence-electron chi connectivity index (χ0n) is 15.4. The molecule has 2 aliphatic heterocycles. The van der Waals surface area contributed by atoms with Gasteiger partial charge in [0.05, 0.1) is 5.92 Å². The van der Waals surface area contributed by atoms with E-state index >= 15 is 0 Å². The first-order valence-corrected chi connectivity index (χ1v) is 9.45. The van der Waals surface area contributed by atoms with Crippen LogP contribution < -0.4 is 4.74 Å². The van der Waals surface area contributed by atoms with Crippen molar-refractivity contribution in [2.24, 2.45) is 5.92 Å². The molecule has 1 aromatic carbocycles. The van der Waals surface area contributed by atoms with Crippen LogP contribution in [0.15, 0.2) is 28.8 Å². The highest BCUT2D eigenvalue weighted by atomic mass is 16.5. The molecule has 6 heteroatoms. The average Bonchev–Trinajstić information content (AvgIpc) is 3.18. The first-order chi connectivity index (χ1) is 12.6. The molecule has 1 atom stereocenters. The van der Waals surface area contributed by atoms with Gasteiger partial charge in [0.15, 0.2) is 5.82 Å². The molecular weight excluding hydrogens is 330 g/mol. The summed E-state index contributed by atoms with van der Waals surface area (Å²) in [4.78, 5) is 19.4. The van der Waals surface area contributed by atoms with Crippen LogP contribution in [0.25, 0.3) is 0 Å². The summed E-state index contributed by atoms with van der Waals surface area (Å²) in [6.07, 6.45) is 2.50. The van der Waals surface area contributed by atoms with Gasteiger partial charge in [-0.2, -0.15) is 4.98 Å².